The van der Waals surface area contributed by atoms with Crippen molar-refractivity contribution in [1.82, 2.24) is 19.7 Å². The molecule has 8 nitrogen and oxygen atoms in total. The lowest BCUT2D eigenvalue weighted by molar-refractivity contribution is -0.137. The minimum atomic E-state index is -4.53. The van der Waals surface area contributed by atoms with E-state index in [2.05, 4.69) is 4.98 Å². The van der Waals surface area contributed by atoms with Gasteiger partial charge in [0.05, 0.1) is 24.3 Å². The van der Waals surface area contributed by atoms with Crippen LogP contribution in [0.25, 0.3) is 11.1 Å². The molecule has 0 N–H and O–H groups in total. The highest BCUT2D eigenvalue weighted by Gasteiger charge is 2.32. The van der Waals surface area contributed by atoms with Crippen LogP contribution in [-0.4, -0.2) is 89.9 Å². The largest absolute Gasteiger partial charge is 0.416 e. The summed E-state index contributed by atoms with van der Waals surface area (Å²) in [7, 11) is 0. The van der Waals surface area contributed by atoms with Gasteiger partial charge in [0.2, 0.25) is 0 Å². The molecule has 2 fully saturated rings. The maximum Gasteiger partial charge on any atom is 0.416 e. The first kappa shape index (κ1) is 27.3. The van der Waals surface area contributed by atoms with Gasteiger partial charge in [-0.2, -0.15) is 13.2 Å². The molecule has 0 saturated carbocycles. The van der Waals surface area contributed by atoms with Crippen LogP contribution >= 0.6 is 0 Å². The highest BCUT2D eigenvalue weighted by atomic mass is 19.4. The Morgan fingerprint density at radius 2 is 1.23 bits per heavy atom. The normalized spacial score (nSPS) is 16.1. The van der Waals surface area contributed by atoms with Crippen molar-refractivity contribution < 1.29 is 32.3 Å². The van der Waals surface area contributed by atoms with Crippen LogP contribution in [0.4, 0.5) is 13.2 Å². The number of carbonyl (C=O) groups excluding carboxylic acids is 3. The molecule has 0 bridgehead atoms. The molecule has 2 saturated heterocycles. The molecular weight excluding hydrogens is 525 g/mol. The van der Waals surface area contributed by atoms with E-state index in [0.29, 0.717) is 37.4 Å². The van der Waals surface area contributed by atoms with Crippen molar-refractivity contribution in [3.05, 3.63) is 89.2 Å². The van der Waals surface area contributed by atoms with Crippen molar-refractivity contribution in [2.24, 2.45) is 0 Å². The number of carbonyl (C=O) groups is 3. The van der Waals surface area contributed by atoms with Crippen LogP contribution in [-0.2, 0) is 10.9 Å². The van der Waals surface area contributed by atoms with Crippen LogP contribution in [0, 0.1) is 0 Å². The first-order valence-electron chi connectivity index (χ1n) is 12.9. The molecule has 3 amide bonds. The summed E-state index contributed by atoms with van der Waals surface area (Å²) < 4.78 is 44.4. The standard InChI is InChI=1S/C29H27F3N4O4/c30-29(31,32)25-3-1-2-22(17-25)27(38)35-10-8-34(9-11-35)26(37)21-6-4-20(5-7-21)23-16-24(19-33-18-23)28(39)36-12-14-40-15-13-36/h1-7,16-19H,8-15H2. The third-order valence-electron chi connectivity index (χ3n) is 7.04. The van der Waals surface area contributed by atoms with Gasteiger partial charge >= 0.3 is 6.18 Å². The van der Waals surface area contributed by atoms with Crippen molar-refractivity contribution in [3.63, 3.8) is 0 Å². The molecule has 2 aromatic carbocycles. The molecule has 0 radical (unpaired) electrons. The molecule has 0 atom stereocenters. The Bertz CT molecular complexity index is 1400. The van der Waals surface area contributed by atoms with E-state index in [1.54, 1.807) is 46.3 Å². The summed E-state index contributed by atoms with van der Waals surface area (Å²) in [6.45, 7) is 3.05. The van der Waals surface area contributed by atoms with Gasteiger partial charge in [-0.1, -0.05) is 18.2 Å². The number of benzene rings is 2. The summed E-state index contributed by atoms with van der Waals surface area (Å²) >= 11 is 0. The molecule has 3 aromatic rings. The third-order valence-corrected chi connectivity index (χ3v) is 7.04. The quantitative estimate of drug-likeness (QED) is 0.491. The summed E-state index contributed by atoms with van der Waals surface area (Å²) in [6.07, 6.45) is -1.33. The third kappa shape index (κ3) is 5.99. The number of hydrogen-bond acceptors (Lipinski definition) is 5. The van der Waals surface area contributed by atoms with Crippen molar-refractivity contribution in [2.45, 2.75) is 6.18 Å². The van der Waals surface area contributed by atoms with Crippen LogP contribution < -0.4 is 0 Å². The molecule has 11 heteroatoms. The number of pyridine rings is 1. The summed E-state index contributed by atoms with van der Waals surface area (Å²) in [5, 5.41) is 0. The SMILES string of the molecule is O=C(c1cncc(-c2ccc(C(=O)N3CCN(C(=O)c4cccc(C(F)(F)F)c4)CC3)cc2)c1)N1CCOCC1. The summed E-state index contributed by atoms with van der Waals surface area (Å²) in [6, 6.07) is 13.1. The average molecular weight is 553 g/mol. The smallest absolute Gasteiger partial charge is 0.378 e. The number of morpholine rings is 1. The zero-order valence-electron chi connectivity index (χ0n) is 21.6. The van der Waals surface area contributed by atoms with Crippen LogP contribution in [0.2, 0.25) is 0 Å². The fraction of sp³-hybridized carbons (Fsp3) is 0.310. The highest BCUT2D eigenvalue weighted by Crippen LogP contribution is 2.30. The first-order chi connectivity index (χ1) is 19.2. The number of ether oxygens (including phenoxy) is 1. The van der Waals surface area contributed by atoms with E-state index in [-0.39, 0.29) is 43.6 Å². The molecule has 40 heavy (non-hydrogen) atoms. The molecule has 0 aliphatic carbocycles. The van der Waals surface area contributed by atoms with Gasteiger partial charge in [0.15, 0.2) is 0 Å². The Kier molecular flexibility index (Phi) is 7.83. The van der Waals surface area contributed by atoms with E-state index < -0.39 is 17.6 Å². The Hall–Kier alpha value is -4.25. The predicted molar refractivity (Wildman–Crippen MR) is 140 cm³/mol. The van der Waals surface area contributed by atoms with Gasteiger partial charge in [-0.15, -0.1) is 0 Å². The van der Waals surface area contributed by atoms with Gasteiger partial charge < -0.3 is 19.4 Å². The minimum absolute atomic E-state index is 0.0320. The maximum atomic E-state index is 13.1. The van der Waals surface area contributed by atoms with Gasteiger partial charge in [-0.25, -0.2) is 0 Å². The number of amides is 3. The topological polar surface area (TPSA) is 83.1 Å². The van der Waals surface area contributed by atoms with Gasteiger partial charge in [0, 0.05) is 68.4 Å². The Balaban J connectivity index is 1.20. The number of nitrogens with zero attached hydrogens (tertiary/aromatic N) is 4. The van der Waals surface area contributed by atoms with Crippen LogP contribution in [0.3, 0.4) is 0 Å². The molecule has 0 unspecified atom stereocenters. The molecule has 208 valence electrons. The number of piperazine rings is 1. The van der Waals surface area contributed by atoms with Crippen LogP contribution in [0.1, 0.15) is 36.6 Å². The van der Waals surface area contributed by atoms with E-state index >= 15 is 0 Å². The molecule has 2 aliphatic rings. The molecule has 1 aromatic heterocycles. The van der Waals surface area contributed by atoms with E-state index in [4.69, 9.17) is 4.74 Å². The highest BCUT2D eigenvalue weighted by molar-refractivity contribution is 5.97. The summed E-state index contributed by atoms with van der Waals surface area (Å²) in [4.78, 5) is 47.7. The van der Waals surface area contributed by atoms with Gasteiger partial charge in [-0.05, 0) is 42.0 Å². The van der Waals surface area contributed by atoms with E-state index in [9.17, 15) is 27.6 Å². The number of hydrogen-bond donors (Lipinski definition) is 0. The minimum Gasteiger partial charge on any atom is -0.378 e. The summed E-state index contributed by atoms with van der Waals surface area (Å²) in [5.74, 6) is -0.798. The lowest BCUT2D eigenvalue weighted by atomic mass is 10.0. The Morgan fingerprint density at radius 1 is 0.650 bits per heavy atom. The fourth-order valence-corrected chi connectivity index (χ4v) is 4.78. The van der Waals surface area contributed by atoms with Crippen molar-refractivity contribution in [1.29, 1.82) is 0 Å². The maximum absolute atomic E-state index is 13.1. The molecule has 0 spiro atoms. The Labute approximate surface area is 229 Å². The van der Waals surface area contributed by atoms with E-state index in [0.717, 1.165) is 23.3 Å². The van der Waals surface area contributed by atoms with E-state index in [1.165, 1.54) is 23.2 Å². The fourth-order valence-electron chi connectivity index (χ4n) is 4.78. The lowest BCUT2D eigenvalue weighted by Gasteiger charge is -2.35. The molecule has 5 rings (SSSR count). The first-order valence-corrected chi connectivity index (χ1v) is 12.9. The monoisotopic (exact) mass is 552 g/mol. The zero-order valence-corrected chi connectivity index (χ0v) is 21.6. The number of aromatic nitrogens is 1. The van der Waals surface area contributed by atoms with Crippen molar-refractivity contribution in [2.75, 3.05) is 52.5 Å². The van der Waals surface area contributed by atoms with Gasteiger partial charge in [0.25, 0.3) is 17.7 Å². The zero-order chi connectivity index (χ0) is 28.3. The molecular formula is C29H27F3N4O4. The van der Waals surface area contributed by atoms with E-state index in [1.807, 2.05) is 0 Å². The van der Waals surface area contributed by atoms with Crippen LogP contribution in [0.5, 0.6) is 0 Å². The average Bonchev–Trinajstić information content (AvgIpc) is 3.00. The van der Waals surface area contributed by atoms with Crippen LogP contribution in [0.15, 0.2) is 67.0 Å². The van der Waals surface area contributed by atoms with Gasteiger partial charge in [0.1, 0.15) is 0 Å². The van der Waals surface area contributed by atoms with Crippen molar-refractivity contribution in [3.8, 4) is 11.1 Å². The number of halogens is 3. The second-order valence-corrected chi connectivity index (χ2v) is 9.61. The second kappa shape index (κ2) is 11.5. The lowest BCUT2D eigenvalue weighted by Crippen LogP contribution is -2.50. The van der Waals surface area contributed by atoms with Gasteiger partial charge in [-0.3, -0.25) is 19.4 Å². The molecule has 3 heterocycles. The van der Waals surface area contributed by atoms with Crippen molar-refractivity contribution >= 4 is 17.7 Å². The predicted octanol–water partition coefficient (Wildman–Crippen LogP) is 3.84. The summed E-state index contributed by atoms with van der Waals surface area (Å²) in [5.41, 5.74) is 1.60. The number of rotatable bonds is 4. The Morgan fingerprint density at radius 3 is 1.85 bits per heavy atom. The number of alkyl halides is 3. The molecule has 2 aliphatic heterocycles. The second-order valence-electron chi connectivity index (χ2n) is 9.61.